The molecule has 1 aliphatic rings. The number of hydrogen-bond donors (Lipinski definition) is 1. The van der Waals surface area contributed by atoms with Crippen molar-refractivity contribution in [2.45, 2.75) is 16.6 Å². The quantitative estimate of drug-likeness (QED) is 0.640. The SMILES string of the molecule is COc1ccccc1NC(=O)CN1C(=O)C[C@H](c2ccccc2)Sc2ccccc21. The van der Waals surface area contributed by atoms with Crippen LogP contribution in [-0.4, -0.2) is 25.5 Å². The zero-order chi connectivity index (χ0) is 20.9. The summed E-state index contributed by atoms with van der Waals surface area (Å²) < 4.78 is 5.30. The molecule has 5 nitrogen and oxygen atoms in total. The van der Waals surface area contributed by atoms with E-state index in [9.17, 15) is 9.59 Å². The predicted molar refractivity (Wildman–Crippen MR) is 120 cm³/mol. The van der Waals surface area contributed by atoms with Gasteiger partial charge in [0.25, 0.3) is 0 Å². The zero-order valence-corrected chi connectivity index (χ0v) is 17.4. The van der Waals surface area contributed by atoms with Crippen molar-refractivity contribution in [1.82, 2.24) is 0 Å². The summed E-state index contributed by atoms with van der Waals surface area (Å²) in [7, 11) is 1.56. The smallest absolute Gasteiger partial charge is 0.244 e. The van der Waals surface area contributed by atoms with Crippen LogP contribution in [0.5, 0.6) is 5.75 Å². The first kappa shape index (κ1) is 20.0. The Morgan fingerprint density at radius 1 is 1.03 bits per heavy atom. The molecule has 1 heterocycles. The van der Waals surface area contributed by atoms with E-state index < -0.39 is 0 Å². The van der Waals surface area contributed by atoms with Crippen molar-refractivity contribution >= 4 is 35.0 Å². The van der Waals surface area contributed by atoms with E-state index in [1.54, 1.807) is 35.9 Å². The van der Waals surface area contributed by atoms with Crippen LogP contribution in [-0.2, 0) is 9.59 Å². The molecule has 6 heteroatoms. The molecule has 0 saturated heterocycles. The first-order valence-electron chi connectivity index (χ1n) is 9.69. The first-order valence-corrected chi connectivity index (χ1v) is 10.6. The zero-order valence-electron chi connectivity index (χ0n) is 16.6. The molecule has 0 unspecified atom stereocenters. The number of hydrogen-bond acceptors (Lipinski definition) is 4. The molecule has 3 aromatic carbocycles. The number of thioether (sulfide) groups is 1. The van der Waals surface area contributed by atoms with E-state index in [1.807, 2.05) is 66.7 Å². The molecule has 30 heavy (non-hydrogen) atoms. The van der Waals surface area contributed by atoms with Crippen molar-refractivity contribution in [2.75, 3.05) is 23.9 Å². The molecular weight excluding hydrogens is 396 g/mol. The molecule has 0 saturated carbocycles. The molecule has 152 valence electrons. The third kappa shape index (κ3) is 4.33. The van der Waals surface area contributed by atoms with Crippen LogP contribution in [0.4, 0.5) is 11.4 Å². The number of nitrogens with one attached hydrogen (secondary N) is 1. The van der Waals surface area contributed by atoms with Gasteiger partial charge in [-0.15, -0.1) is 11.8 Å². The molecule has 0 aromatic heterocycles. The molecule has 2 amide bonds. The maximum atomic E-state index is 13.2. The Kier molecular flexibility index (Phi) is 6.05. The van der Waals surface area contributed by atoms with Crippen LogP contribution in [0.2, 0.25) is 0 Å². The van der Waals surface area contributed by atoms with E-state index in [-0.39, 0.29) is 23.6 Å². The minimum Gasteiger partial charge on any atom is -0.495 e. The van der Waals surface area contributed by atoms with Gasteiger partial charge in [0.15, 0.2) is 0 Å². The van der Waals surface area contributed by atoms with Gasteiger partial charge >= 0.3 is 0 Å². The van der Waals surface area contributed by atoms with Gasteiger partial charge in [-0.1, -0.05) is 54.6 Å². The van der Waals surface area contributed by atoms with Crippen molar-refractivity contribution in [3.63, 3.8) is 0 Å². The number of carbonyl (C=O) groups excluding carboxylic acids is 2. The van der Waals surface area contributed by atoms with Gasteiger partial charge in [-0.3, -0.25) is 9.59 Å². The molecule has 1 N–H and O–H groups in total. The molecular formula is C24H22N2O3S. The average molecular weight is 419 g/mol. The third-order valence-corrected chi connectivity index (χ3v) is 6.26. The highest BCUT2D eigenvalue weighted by molar-refractivity contribution is 7.99. The Labute approximate surface area is 180 Å². The monoisotopic (exact) mass is 418 g/mol. The van der Waals surface area contributed by atoms with E-state index in [2.05, 4.69) is 5.32 Å². The second-order valence-corrected chi connectivity index (χ2v) is 8.16. The second-order valence-electron chi connectivity index (χ2n) is 6.92. The highest BCUT2D eigenvalue weighted by atomic mass is 32.2. The number of anilines is 2. The van der Waals surface area contributed by atoms with E-state index in [1.165, 1.54) is 0 Å². The van der Waals surface area contributed by atoms with Gasteiger partial charge in [0.05, 0.1) is 18.5 Å². The summed E-state index contributed by atoms with van der Waals surface area (Å²) in [5.41, 5.74) is 2.45. The fourth-order valence-corrected chi connectivity index (χ4v) is 4.77. The number of methoxy groups -OCH3 is 1. The minimum atomic E-state index is -0.272. The van der Waals surface area contributed by atoms with Gasteiger partial charge in [0, 0.05) is 16.6 Å². The Morgan fingerprint density at radius 2 is 1.73 bits per heavy atom. The number of para-hydroxylation sites is 3. The summed E-state index contributed by atoms with van der Waals surface area (Å²) in [4.78, 5) is 28.5. The van der Waals surface area contributed by atoms with Crippen molar-refractivity contribution in [2.24, 2.45) is 0 Å². The standard InChI is InChI=1S/C24H22N2O3S/c1-29-20-13-7-5-11-18(20)25-23(27)16-26-19-12-6-8-14-21(19)30-22(15-24(26)28)17-9-3-2-4-10-17/h2-14,22H,15-16H2,1H3,(H,25,27)/t22-/m1/s1. The minimum absolute atomic E-state index is 0.00197. The van der Waals surface area contributed by atoms with Gasteiger partial charge < -0.3 is 15.0 Å². The predicted octanol–water partition coefficient (Wildman–Crippen LogP) is 4.90. The number of fused-ring (bicyclic) bond motifs is 1. The molecule has 3 aromatic rings. The molecule has 4 rings (SSSR count). The summed E-state index contributed by atoms with van der Waals surface area (Å²) in [6.07, 6.45) is 0.325. The molecule has 0 fully saturated rings. The Bertz CT molecular complexity index is 1060. The Morgan fingerprint density at radius 3 is 2.53 bits per heavy atom. The fraction of sp³-hybridized carbons (Fsp3) is 0.167. The van der Waals surface area contributed by atoms with Gasteiger partial charge in [-0.05, 0) is 29.8 Å². The highest BCUT2D eigenvalue weighted by Gasteiger charge is 2.30. The van der Waals surface area contributed by atoms with E-state index >= 15 is 0 Å². The number of rotatable bonds is 5. The van der Waals surface area contributed by atoms with Crippen LogP contribution >= 0.6 is 11.8 Å². The van der Waals surface area contributed by atoms with Gasteiger partial charge in [0.1, 0.15) is 12.3 Å². The Balaban J connectivity index is 1.58. The Hall–Kier alpha value is -3.25. The van der Waals surface area contributed by atoms with Crippen molar-refractivity contribution in [3.05, 3.63) is 84.4 Å². The number of benzene rings is 3. The number of amides is 2. The normalized spacial score (nSPS) is 15.8. The average Bonchev–Trinajstić information content (AvgIpc) is 2.91. The molecule has 1 atom stereocenters. The molecule has 1 aliphatic heterocycles. The largest absolute Gasteiger partial charge is 0.495 e. The van der Waals surface area contributed by atoms with Crippen LogP contribution in [0.15, 0.2) is 83.8 Å². The van der Waals surface area contributed by atoms with Crippen LogP contribution in [0.25, 0.3) is 0 Å². The van der Waals surface area contributed by atoms with Crippen molar-refractivity contribution in [3.8, 4) is 5.75 Å². The third-order valence-electron chi connectivity index (χ3n) is 4.94. The van der Waals surface area contributed by atoms with E-state index in [4.69, 9.17) is 4.74 Å². The summed E-state index contributed by atoms with van der Waals surface area (Å²) in [6, 6.07) is 25.0. The fourth-order valence-electron chi connectivity index (χ4n) is 3.49. The summed E-state index contributed by atoms with van der Waals surface area (Å²) in [5.74, 6) is 0.232. The van der Waals surface area contributed by atoms with Crippen LogP contribution < -0.4 is 15.0 Å². The maximum absolute atomic E-state index is 13.2. The lowest BCUT2D eigenvalue weighted by molar-refractivity contribution is -0.121. The molecule has 0 spiro atoms. The molecule has 0 radical (unpaired) electrons. The summed E-state index contributed by atoms with van der Waals surface area (Å²) in [5, 5.41) is 2.86. The number of ether oxygens (including phenoxy) is 1. The lowest BCUT2D eigenvalue weighted by atomic mass is 10.1. The van der Waals surface area contributed by atoms with E-state index in [0.717, 1.165) is 16.1 Å². The number of carbonyl (C=O) groups is 2. The van der Waals surface area contributed by atoms with Crippen LogP contribution in [0.1, 0.15) is 17.2 Å². The van der Waals surface area contributed by atoms with E-state index in [0.29, 0.717) is 17.9 Å². The highest BCUT2D eigenvalue weighted by Crippen LogP contribution is 2.45. The lowest BCUT2D eigenvalue weighted by Crippen LogP contribution is -2.38. The van der Waals surface area contributed by atoms with Gasteiger partial charge in [-0.25, -0.2) is 0 Å². The topological polar surface area (TPSA) is 58.6 Å². The summed E-state index contributed by atoms with van der Waals surface area (Å²) >= 11 is 1.66. The molecule has 0 bridgehead atoms. The second kappa shape index (κ2) is 9.05. The van der Waals surface area contributed by atoms with Gasteiger partial charge in [0.2, 0.25) is 11.8 Å². The van der Waals surface area contributed by atoms with Crippen molar-refractivity contribution in [1.29, 1.82) is 0 Å². The van der Waals surface area contributed by atoms with Crippen LogP contribution in [0, 0.1) is 0 Å². The van der Waals surface area contributed by atoms with Crippen molar-refractivity contribution < 1.29 is 14.3 Å². The maximum Gasteiger partial charge on any atom is 0.244 e. The first-order chi connectivity index (χ1) is 14.7. The number of nitrogens with zero attached hydrogens (tertiary/aromatic N) is 1. The van der Waals surface area contributed by atoms with Crippen LogP contribution in [0.3, 0.4) is 0 Å². The molecule has 0 aliphatic carbocycles. The summed E-state index contributed by atoms with van der Waals surface area (Å²) in [6.45, 7) is -0.0596. The lowest BCUT2D eigenvalue weighted by Gasteiger charge is -2.22. The van der Waals surface area contributed by atoms with Gasteiger partial charge in [-0.2, -0.15) is 0 Å².